The predicted octanol–water partition coefficient (Wildman–Crippen LogP) is 2.70. The molecule has 7 atom stereocenters. The van der Waals surface area contributed by atoms with Crippen LogP contribution in [-0.2, 0) is 25.7 Å². The first-order valence-corrected chi connectivity index (χ1v) is 13.9. The van der Waals surface area contributed by atoms with Crippen LogP contribution in [-0.4, -0.2) is 62.4 Å². The molecule has 3 fully saturated rings. The summed E-state index contributed by atoms with van der Waals surface area (Å²) in [6.45, 7) is 5.58. The lowest BCUT2D eigenvalue weighted by Gasteiger charge is -2.38. The number of halogens is 1. The Bertz CT molecular complexity index is 1200. The highest BCUT2D eigenvalue weighted by molar-refractivity contribution is 9.09. The van der Waals surface area contributed by atoms with E-state index in [9.17, 15) is 19.5 Å². The van der Waals surface area contributed by atoms with Crippen LogP contribution in [0.5, 0.6) is 0 Å². The molecule has 0 aliphatic carbocycles. The molecular formula is C29H34BrN3O5. The first kappa shape index (κ1) is 26.8. The van der Waals surface area contributed by atoms with Crippen molar-refractivity contribution in [3.63, 3.8) is 0 Å². The maximum absolute atomic E-state index is 14.3. The summed E-state index contributed by atoms with van der Waals surface area (Å²) in [5.74, 6) is -2.59. The average Bonchev–Trinajstić information content (AvgIpc) is 3.47. The molecule has 38 heavy (non-hydrogen) atoms. The van der Waals surface area contributed by atoms with Gasteiger partial charge in [0.25, 0.3) is 0 Å². The van der Waals surface area contributed by atoms with E-state index >= 15 is 0 Å². The molecule has 2 aromatic rings. The minimum atomic E-state index is -1.19. The highest BCUT2D eigenvalue weighted by atomic mass is 79.9. The zero-order valence-corrected chi connectivity index (χ0v) is 23.4. The van der Waals surface area contributed by atoms with Crippen molar-refractivity contribution in [3.8, 4) is 0 Å². The number of hydrogen-bond acceptors (Lipinski definition) is 5. The zero-order valence-electron chi connectivity index (χ0n) is 21.8. The van der Waals surface area contributed by atoms with Gasteiger partial charge in [-0.1, -0.05) is 76.6 Å². The number of nitrogens with one attached hydrogen (secondary N) is 2. The Hall–Kier alpha value is -2.75. The van der Waals surface area contributed by atoms with Gasteiger partial charge in [0, 0.05) is 16.9 Å². The number of fused-ring (bicyclic) bond motifs is 1. The van der Waals surface area contributed by atoms with E-state index in [-0.39, 0.29) is 29.2 Å². The van der Waals surface area contributed by atoms with Crippen molar-refractivity contribution >= 4 is 33.7 Å². The summed E-state index contributed by atoms with van der Waals surface area (Å²) >= 11 is 3.69. The normalized spacial score (nSPS) is 30.7. The van der Waals surface area contributed by atoms with Gasteiger partial charge in [-0.15, -0.1) is 0 Å². The SMILES string of the molecule is CC(C)(C)NC(=O)C1N([C@H](CO)c2ccccc2)C(=O)[C@@H]2[C@@H](C(=O)NCc3ccccc3)[C@@H]3OC12CC3Br. The van der Waals surface area contributed by atoms with Crippen LogP contribution in [0.4, 0.5) is 0 Å². The van der Waals surface area contributed by atoms with E-state index in [0.29, 0.717) is 18.5 Å². The molecule has 5 rings (SSSR count). The predicted molar refractivity (Wildman–Crippen MR) is 145 cm³/mol. The fourth-order valence-corrected chi connectivity index (χ4v) is 7.32. The molecule has 2 aromatic carbocycles. The minimum absolute atomic E-state index is 0.201. The molecule has 3 N–H and O–H groups in total. The van der Waals surface area contributed by atoms with E-state index in [1.54, 1.807) is 0 Å². The van der Waals surface area contributed by atoms with Crippen LogP contribution >= 0.6 is 15.9 Å². The lowest BCUT2D eigenvalue weighted by Crippen LogP contribution is -2.59. The molecular weight excluding hydrogens is 550 g/mol. The second kappa shape index (κ2) is 10.1. The van der Waals surface area contributed by atoms with Gasteiger partial charge in [-0.05, 0) is 38.3 Å². The average molecular weight is 585 g/mol. The van der Waals surface area contributed by atoms with Crippen molar-refractivity contribution in [1.29, 1.82) is 0 Å². The molecule has 8 nitrogen and oxygen atoms in total. The lowest BCUT2D eigenvalue weighted by atomic mass is 9.70. The molecule has 202 valence electrons. The van der Waals surface area contributed by atoms with E-state index < -0.39 is 41.2 Å². The Kier molecular flexibility index (Phi) is 7.13. The highest BCUT2D eigenvalue weighted by Gasteiger charge is 2.77. The number of nitrogens with zero attached hydrogens (tertiary/aromatic N) is 1. The Morgan fingerprint density at radius 3 is 2.34 bits per heavy atom. The van der Waals surface area contributed by atoms with Gasteiger partial charge in [0.05, 0.1) is 30.6 Å². The van der Waals surface area contributed by atoms with Crippen LogP contribution in [0.2, 0.25) is 0 Å². The minimum Gasteiger partial charge on any atom is -0.394 e. The number of amides is 3. The summed E-state index contributed by atoms with van der Waals surface area (Å²) in [4.78, 5) is 43.1. The molecule has 3 amide bonds. The largest absolute Gasteiger partial charge is 0.394 e. The number of likely N-dealkylation sites (tertiary alicyclic amines) is 1. The topological polar surface area (TPSA) is 108 Å². The monoisotopic (exact) mass is 583 g/mol. The number of aliphatic hydroxyl groups excluding tert-OH is 1. The van der Waals surface area contributed by atoms with Crippen molar-refractivity contribution in [2.75, 3.05) is 6.61 Å². The standard InChI is InChI=1S/C29H34BrN3O5/c1-28(2,3)32-26(36)24-29-14-19(30)23(38-29)21(25(35)31-15-17-10-6-4-7-11-17)22(29)27(37)33(24)20(16-34)18-12-8-5-9-13-18/h4-13,19-24,34H,14-16H2,1-3H3,(H,31,35)(H,32,36)/t19?,20-,21-,22+,23-,24?,29?/m1/s1. The van der Waals surface area contributed by atoms with Crippen molar-refractivity contribution in [3.05, 3.63) is 71.8 Å². The van der Waals surface area contributed by atoms with Crippen molar-refractivity contribution < 1.29 is 24.2 Å². The zero-order chi connectivity index (χ0) is 27.2. The molecule has 0 radical (unpaired) electrons. The number of carbonyl (C=O) groups excluding carboxylic acids is 3. The van der Waals surface area contributed by atoms with Crippen molar-refractivity contribution in [1.82, 2.24) is 15.5 Å². The van der Waals surface area contributed by atoms with E-state index in [4.69, 9.17) is 4.74 Å². The van der Waals surface area contributed by atoms with Gasteiger partial charge in [-0.3, -0.25) is 14.4 Å². The second-order valence-corrected chi connectivity index (χ2v) is 12.6. The van der Waals surface area contributed by atoms with Gasteiger partial charge in [0.2, 0.25) is 17.7 Å². The summed E-state index contributed by atoms with van der Waals surface area (Å²) in [5, 5.41) is 16.5. The van der Waals surface area contributed by atoms with E-state index in [0.717, 1.165) is 5.56 Å². The van der Waals surface area contributed by atoms with Gasteiger partial charge in [0.15, 0.2) is 0 Å². The van der Waals surface area contributed by atoms with Crippen molar-refractivity contribution in [2.24, 2.45) is 11.8 Å². The molecule has 0 saturated carbocycles. The maximum atomic E-state index is 14.3. The summed E-state index contributed by atoms with van der Waals surface area (Å²) in [6, 6.07) is 17.0. The van der Waals surface area contributed by atoms with Gasteiger partial charge < -0.3 is 25.4 Å². The van der Waals surface area contributed by atoms with Crippen LogP contribution in [0.3, 0.4) is 0 Å². The first-order chi connectivity index (χ1) is 18.1. The number of aliphatic hydroxyl groups is 1. The quantitative estimate of drug-likeness (QED) is 0.434. The molecule has 0 aromatic heterocycles. The third-order valence-electron chi connectivity index (χ3n) is 7.78. The van der Waals surface area contributed by atoms with Gasteiger partial charge >= 0.3 is 0 Å². The summed E-state index contributed by atoms with van der Waals surface area (Å²) in [6.07, 6.45) is -0.140. The van der Waals surface area contributed by atoms with Crippen molar-refractivity contribution in [2.45, 2.75) is 67.9 Å². The number of rotatable bonds is 7. The summed E-state index contributed by atoms with van der Waals surface area (Å²) in [5.41, 5.74) is -0.0919. The fourth-order valence-electron chi connectivity index (χ4n) is 6.37. The molecule has 3 aliphatic heterocycles. The molecule has 1 spiro atoms. The molecule has 3 unspecified atom stereocenters. The Labute approximate surface area is 231 Å². The van der Waals surface area contributed by atoms with Crippen LogP contribution in [0.1, 0.15) is 44.4 Å². The number of alkyl halides is 1. The number of hydrogen-bond donors (Lipinski definition) is 3. The third-order valence-corrected chi connectivity index (χ3v) is 8.62. The van der Waals surface area contributed by atoms with E-state index in [1.807, 2.05) is 81.4 Å². The Balaban J connectivity index is 1.54. The van der Waals surface area contributed by atoms with Gasteiger partial charge in [-0.2, -0.15) is 0 Å². The molecule has 9 heteroatoms. The molecule has 3 aliphatic rings. The number of benzene rings is 2. The van der Waals surface area contributed by atoms with Crippen LogP contribution in [0.15, 0.2) is 60.7 Å². The Morgan fingerprint density at radius 1 is 1.11 bits per heavy atom. The van der Waals surface area contributed by atoms with Gasteiger partial charge in [0.1, 0.15) is 11.6 Å². The molecule has 3 saturated heterocycles. The third kappa shape index (κ3) is 4.54. The molecule has 2 bridgehead atoms. The fraction of sp³-hybridized carbons (Fsp3) is 0.483. The highest BCUT2D eigenvalue weighted by Crippen LogP contribution is 2.61. The second-order valence-electron chi connectivity index (χ2n) is 11.5. The first-order valence-electron chi connectivity index (χ1n) is 13.0. The summed E-state index contributed by atoms with van der Waals surface area (Å²) in [7, 11) is 0. The van der Waals surface area contributed by atoms with Gasteiger partial charge in [-0.25, -0.2) is 0 Å². The maximum Gasteiger partial charge on any atom is 0.246 e. The van der Waals surface area contributed by atoms with E-state index in [1.165, 1.54) is 4.90 Å². The van der Waals surface area contributed by atoms with Crippen LogP contribution < -0.4 is 10.6 Å². The summed E-state index contributed by atoms with van der Waals surface area (Å²) < 4.78 is 6.55. The van der Waals surface area contributed by atoms with E-state index in [2.05, 4.69) is 26.6 Å². The number of ether oxygens (including phenoxy) is 1. The van der Waals surface area contributed by atoms with Crippen LogP contribution in [0, 0.1) is 11.8 Å². The smallest absolute Gasteiger partial charge is 0.246 e. The van der Waals surface area contributed by atoms with Crippen LogP contribution in [0.25, 0.3) is 0 Å². The number of carbonyl (C=O) groups is 3. The molecule has 3 heterocycles. The lowest BCUT2D eigenvalue weighted by molar-refractivity contribution is -0.146. The Morgan fingerprint density at radius 2 is 1.74 bits per heavy atom.